The van der Waals surface area contributed by atoms with Crippen LogP contribution in [0.3, 0.4) is 0 Å². The van der Waals surface area contributed by atoms with Crippen LogP contribution in [0.4, 0.5) is 14.5 Å². The van der Waals surface area contributed by atoms with Crippen LogP contribution in [0.25, 0.3) is 0 Å². The van der Waals surface area contributed by atoms with Crippen LogP contribution in [0.15, 0.2) is 42.0 Å². The van der Waals surface area contributed by atoms with Gasteiger partial charge >= 0.3 is 5.97 Å². The SMILES string of the molecule is COc1c(F)c(F)c(N)c2c1C(c1ccccc1)C=C(C(=O)O)C2=O. The van der Waals surface area contributed by atoms with Crippen LogP contribution in [-0.2, 0) is 4.79 Å². The molecule has 2 aromatic rings. The average molecular weight is 345 g/mol. The van der Waals surface area contributed by atoms with Crippen LogP contribution in [0.5, 0.6) is 5.75 Å². The van der Waals surface area contributed by atoms with Gasteiger partial charge in [-0.15, -0.1) is 0 Å². The van der Waals surface area contributed by atoms with Gasteiger partial charge in [0.1, 0.15) is 5.57 Å². The monoisotopic (exact) mass is 345 g/mol. The Morgan fingerprint density at radius 3 is 2.40 bits per heavy atom. The molecule has 0 radical (unpaired) electrons. The Kier molecular flexibility index (Phi) is 4.00. The van der Waals surface area contributed by atoms with Crippen molar-refractivity contribution in [3.8, 4) is 5.75 Å². The number of anilines is 1. The number of fused-ring (bicyclic) bond motifs is 1. The topological polar surface area (TPSA) is 89.6 Å². The van der Waals surface area contributed by atoms with Gasteiger partial charge in [-0.2, -0.15) is 4.39 Å². The van der Waals surface area contributed by atoms with Gasteiger partial charge in [-0.05, 0) is 5.56 Å². The average Bonchev–Trinajstić information content (AvgIpc) is 2.60. The minimum absolute atomic E-state index is 0.0140. The molecule has 0 amide bonds. The Morgan fingerprint density at radius 2 is 1.84 bits per heavy atom. The normalized spacial score (nSPS) is 16.2. The van der Waals surface area contributed by atoms with Gasteiger partial charge in [-0.1, -0.05) is 36.4 Å². The fraction of sp³-hybridized carbons (Fsp3) is 0.111. The maximum absolute atomic E-state index is 14.3. The third-order valence-corrected chi connectivity index (χ3v) is 4.12. The fourth-order valence-electron chi connectivity index (χ4n) is 3.00. The Balaban J connectivity index is 2.42. The Morgan fingerprint density at radius 1 is 1.20 bits per heavy atom. The highest BCUT2D eigenvalue weighted by Crippen LogP contribution is 2.45. The summed E-state index contributed by atoms with van der Waals surface area (Å²) in [5.74, 6) is -6.51. The molecule has 0 saturated heterocycles. The molecule has 0 heterocycles. The summed E-state index contributed by atoms with van der Waals surface area (Å²) in [7, 11) is 1.14. The molecule has 0 saturated carbocycles. The minimum Gasteiger partial charge on any atom is -0.493 e. The zero-order valence-corrected chi connectivity index (χ0v) is 13.0. The fourth-order valence-corrected chi connectivity index (χ4v) is 3.00. The summed E-state index contributed by atoms with van der Waals surface area (Å²) in [4.78, 5) is 24.0. The number of hydrogen-bond acceptors (Lipinski definition) is 4. The molecule has 128 valence electrons. The van der Waals surface area contributed by atoms with Crippen molar-refractivity contribution >= 4 is 17.4 Å². The number of carboxylic acids is 1. The number of carboxylic acid groups (broad SMARTS) is 1. The predicted octanol–water partition coefficient (Wildman–Crippen LogP) is 2.89. The van der Waals surface area contributed by atoms with Crippen molar-refractivity contribution < 1.29 is 28.2 Å². The summed E-state index contributed by atoms with van der Waals surface area (Å²) in [5.41, 5.74) is 4.54. The summed E-state index contributed by atoms with van der Waals surface area (Å²) in [6.45, 7) is 0. The van der Waals surface area contributed by atoms with E-state index < -0.39 is 46.3 Å². The number of methoxy groups -OCH3 is 1. The second-order valence-corrected chi connectivity index (χ2v) is 5.47. The van der Waals surface area contributed by atoms with Crippen molar-refractivity contribution in [2.24, 2.45) is 0 Å². The van der Waals surface area contributed by atoms with Crippen molar-refractivity contribution in [3.05, 3.63) is 70.3 Å². The van der Waals surface area contributed by atoms with Crippen molar-refractivity contribution in [1.29, 1.82) is 0 Å². The molecule has 1 unspecified atom stereocenters. The van der Waals surface area contributed by atoms with E-state index in [4.69, 9.17) is 10.5 Å². The minimum atomic E-state index is -1.47. The van der Waals surface area contributed by atoms with E-state index in [1.807, 2.05) is 0 Å². The number of halogens is 2. The van der Waals surface area contributed by atoms with Gasteiger partial charge in [0.15, 0.2) is 11.6 Å². The molecular weight excluding hydrogens is 332 g/mol. The molecule has 25 heavy (non-hydrogen) atoms. The molecule has 5 nitrogen and oxygen atoms in total. The number of rotatable bonds is 3. The number of hydrogen-bond donors (Lipinski definition) is 2. The molecule has 1 aliphatic carbocycles. The second-order valence-electron chi connectivity index (χ2n) is 5.47. The lowest BCUT2D eigenvalue weighted by molar-refractivity contribution is -0.132. The summed E-state index contributed by atoms with van der Waals surface area (Å²) in [5, 5.41) is 9.31. The Bertz CT molecular complexity index is 923. The van der Waals surface area contributed by atoms with E-state index in [1.165, 1.54) is 6.08 Å². The van der Waals surface area contributed by atoms with Crippen molar-refractivity contribution in [1.82, 2.24) is 0 Å². The number of nitrogens with two attached hydrogens (primary N) is 1. The Labute approximate surface area is 141 Å². The zero-order valence-electron chi connectivity index (χ0n) is 13.0. The molecule has 0 aromatic heterocycles. The van der Waals surface area contributed by atoms with Gasteiger partial charge in [0.05, 0.1) is 18.4 Å². The van der Waals surface area contributed by atoms with E-state index in [-0.39, 0.29) is 11.1 Å². The lowest BCUT2D eigenvalue weighted by Crippen LogP contribution is -2.25. The second kappa shape index (κ2) is 6.01. The molecule has 0 fully saturated rings. The van der Waals surface area contributed by atoms with Crippen LogP contribution in [0.2, 0.25) is 0 Å². The van der Waals surface area contributed by atoms with Crippen LogP contribution in [-0.4, -0.2) is 24.0 Å². The first-order valence-electron chi connectivity index (χ1n) is 7.27. The van der Waals surface area contributed by atoms with E-state index in [1.54, 1.807) is 30.3 Å². The summed E-state index contributed by atoms with van der Waals surface area (Å²) < 4.78 is 33.4. The number of benzene rings is 2. The van der Waals surface area contributed by atoms with E-state index in [0.717, 1.165) is 7.11 Å². The molecule has 0 aliphatic heterocycles. The van der Waals surface area contributed by atoms with Gasteiger partial charge in [-0.25, -0.2) is 9.18 Å². The molecule has 2 aromatic carbocycles. The van der Waals surface area contributed by atoms with Crippen LogP contribution < -0.4 is 10.5 Å². The number of carbonyl (C=O) groups is 2. The summed E-state index contributed by atoms with van der Waals surface area (Å²) >= 11 is 0. The number of allylic oxidation sites excluding steroid dienone is 1. The van der Waals surface area contributed by atoms with E-state index in [2.05, 4.69) is 0 Å². The molecule has 0 bridgehead atoms. The molecular formula is C18H13F2NO4. The van der Waals surface area contributed by atoms with Crippen LogP contribution in [0.1, 0.15) is 27.4 Å². The quantitative estimate of drug-likeness (QED) is 0.659. The first kappa shape index (κ1) is 16.6. The maximum Gasteiger partial charge on any atom is 0.339 e. The molecule has 1 atom stereocenters. The van der Waals surface area contributed by atoms with Crippen LogP contribution in [0, 0.1) is 11.6 Å². The van der Waals surface area contributed by atoms with Gasteiger partial charge < -0.3 is 15.6 Å². The lowest BCUT2D eigenvalue weighted by Gasteiger charge is -2.26. The van der Waals surface area contributed by atoms with Crippen molar-refractivity contribution in [2.75, 3.05) is 12.8 Å². The lowest BCUT2D eigenvalue weighted by atomic mass is 9.78. The number of Topliss-reactive ketones (excluding diaryl/α,β-unsaturated/α-hetero) is 1. The van der Waals surface area contributed by atoms with Crippen LogP contribution >= 0.6 is 0 Å². The molecule has 7 heteroatoms. The highest BCUT2D eigenvalue weighted by atomic mass is 19.2. The third kappa shape index (κ3) is 2.44. The molecule has 3 N–H and O–H groups in total. The molecule has 3 rings (SSSR count). The van der Waals surface area contributed by atoms with Crippen molar-refractivity contribution in [3.63, 3.8) is 0 Å². The number of ether oxygens (including phenoxy) is 1. The standard InChI is InChI=1S/C18H13F2NO4/c1-25-17-11-9(8-5-3-2-4-6-8)7-10(18(23)24)16(22)12(11)15(21)13(19)14(17)20/h2-7,9H,21H2,1H3,(H,23,24). The Hall–Kier alpha value is -3.22. The van der Waals surface area contributed by atoms with Gasteiger partial charge in [0.25, 0.3) is 0 Å². The molecule has 1 aliphatic rings. The largest absolute Gasteiger partial charge is 0.493 e. The van der Waals surface area contributed by atoms with E-state index in [0.29, 0.717) is 5.56 Å². The van der Waals surface area contributed by atoms with Gasteiger partial charge in [-0.3, -0.25) is 4.79 Å². The predicted molar refractivity (Wildman–Crippen MR) is 85.7 cm³/mol. The summed E-state index contributed by atoms with van der Waals surface area (Å²) in [6, 6.07) is 8.51. The summed E-state index contributed by atoms with van der Waals surface area (Å²) in [6.07, 6.45) is 1.20. The molecule has 0 spiro atoms. The number of nitrogen functional groups attached to an aromatic ring is 1. The van der Waals surface area contributed by atoms with Gasteiger partial charge in [0, 0.05) is 11.5 Å². The smallest absolute Gasteiger partial charge is 0.339 e. The highest BCUT2D eigenvalue weighted by molar-refractivity contribution is 6.27. The first-order valence-corrected chi connectivity index (χ1v) is 7.27. The number of ketones is 1. The van der Waals surface area contributed by atoms with E-state index >= 15 is 0 Å². The zero-order chi connectivity index (χ0) is 18.3. The third-order valence-electron chi connectivity index (χ3n) is 4.12. The van der Waals surface area contributed by atoms with E-state index in [9.17, 15) is 23.5 Å². The van der Waals surface area contributed by atoms with Crippen molar-refractivity contribution in [2.45, 2.75) is 5.92 Å². The number of aliphatic carboxylic acids is 1. The highest BCUT2D eigenvalue weighted by Gasteiger charge is 2.38. The first-order chi connectivity index (χ1) is 11.9. The number of carbonyl (C=O) groups excluding carboxylic acids is 1. The van der Waals surface area contributed by atoms with Gasteiger partial charge in [0.2, 0.25) is 11.6 Å². The maximum atomic E-state index is 14.3.